The molecule has 0 aromatic heterocycles. The first-order valence-electron chi connectivity index (χ1n) is 17.6. The van der Waals surface area contributed by atoms with Crippen LogP contribution in [0.5, 0.6) is 34.5 Å². The highest BCUT2D eigenvalue weighted by atomic mass is 19.1. The highest BCUT2D eigenvalue weighted by molar-refractivity contribution is 5.95. The van der Waals surface area contributed by atoms with Gasteiger partial charge in [0.2, 0.25) is 0 Å². The predicted octanol–water partition coefficient (Wildman–Crippen LogP) is 9.57. The molecule has 0 heterocycles. The number of esters is 4. The average Bonchev–Trinajstić information content (AvgIpc) is 3.20. The van der Waals surface area contributed by atoms with Gasteiger partial charge in [-0.3, -0.25) is 0 Å². The van der Waals surface area contributed by atoms with E-state index in [1.165, 1.54) is 72.8 Å². The molecule has 0 aliphatic rings. The van der Waals surface area contributed by atoms with Gasteiger partial charge in [-0.2, -0.15) is 0 Å². The molecule has 0 radical (unpaired) electrons. The number of rotatable bonds is 14. The summed E-state index contributed by atoms with van der Waals surface area (Å²) in [6.07, 6.45) is 1.41. The van der Waals surface area contributed by atoms with Crippen molar-refractivity contribution in [1.29, 1.82) is 0 Å². The van der Waals surface area contributed by atoms with Crippen LogP contribution in [0.1, 0.15) is 68.1 Å². The molecule has 0 saturated heterocycles. The molecule has 56 heavy (non-hydrogen) atoms. The Morgan fingerprint density at radius 1 is 0.411 bits per heavy atom. The lowest BCUT2D eigenvalue weighted by molar-refractivity contribution is 0.0720. The van der Waals surface area contributed by atoms with Gasteiger partial charge in [0.05, 0.1) is 35.5 Å². The smallest absolute Gasteiger partial charge is 0.343 e. The van der Waals surface area contributed by atoms with Crippen molar-refractivity contribution in [2.24, 2.45) is 0 Å². The third kappa shape index (κ3) is 9.71. The second-order valence-electron chi connectivity index (χ2n) is 12.3. The van der Waals surface area contributed by atoms with Crippen LogP contribution in [0.2, 0.25) is 0 Å². The summed E-state index contributed by atoms with van der Waals surface area (Å²) in [6, 6.07) is 28.9. The Bertz CT molecular complexity index is 2230. The summed E-state index contributed by atoms with van der Waals surface area (Å²) < 4.78 is 61.0. The molecule has 0 spiro atoms. The zero-order valence-electron chi connectivity index (χ0n) is 30.2. The summed E-state index contributed by atoms with van der Waals surface area (Å²) in [5, 5.41) is 1.40. The Morgan fingerprint density at radius 2 is 0.750 bits per heavy atom. The number of ether oxygens (including phenoxy) is 6. The minimum absolute atomic E-state index is 0.00460. The number of benzene rings is 6. The van der Waals surface area contributed by atoms with E-state index in [0.29, 0.717) is 31.4 Å². The maximum absolute atomic E-state index is 14.3. The summed E-state index contributed by atoms with van der Waals surface area (Å²) in [5.74, 6) is -3.47. The average molecular weight is 761 g/mol. The van der Waals surface area contributed by atoms with Crippen LogP contribution in [0.3, 0.4) is 0 Å². The monoisotopic (exact) mass is 760 g/mol. The Labute approximate surface area is 320 Å². The fourth-order valence-corrected chi connectivity index (χ4v) is 5.23. The second-order valence-corrected chi connectivity index (χ2v) is 12.3. The standard InChI is InChI=1S/C44H34F2O10/c1-3-21-51-39-19-11-30(25-37(39)45)43(49)53-33-13-7-28(8-14-33)41(47)55-35-17-5-27-6-18-36(24-32(27)23-35)56-42(48)29-9-15-34(16-10-29)54-44(50)31-12-20-40(38(46)26-31)52-22-4-2/h5-20,23-26H,3-4,21-22H2,1-2H3. The van der Waals surface area contributed by atoms with Crippen molar-refractivity contribution in [2.75, 3.05) is 13.2 Å². The van der Waals surface area contributed by atoms with Gasteiger partial charge in [-0.25, -0.2) is 28.0 Å². The summed E-state index contributed by atoms with van der Waals surface area (Å²) in [4.78, 5) is 51.0. The van der Waals surface area contributed by atoms with Crippen molar-refractivity contribution in [1.82, 2.24) is 0 Å². The van der Waals surface area contributed by atoms with E-state index in [4.69, 9.17) is 28.4 Å². The minimum Gasteiger partial charge on any atom is -0.491 e. The summed E-state index contributed by atoms with van der Waals surface area (Å²) in [7, 11) is 0. The lowest BCUT2D eigenvalue weighted by atomic mass is 10.1. The molecule has 0 bridgehead atoms. The van der Waals surface area contributed by atoms with Gasteiger partial charge in [0.25, 0.3) is 0 Å². The second kappa shape index (κ2) is 17.8. The van der Waals surface area contributed by atoms with Gasteiger partial charge in [0, 0.05) is 0 Å². The molecule has 6 aromatic carbocycles. The Kier molecular flexibility index (Phi) is 12.3. The first-order valence-corrected chi connectivity index (χ1v) is 17.6. The van der Waals surface area contributed by atoms with Crippen molar-refractivity contribution < 1.29 is 56.4 Å². The number of halogens is 2. The van der Waals surface area contributed by atoms with Gasteiger partial charge < -0.3 is 28.4 Å². The fourth-order valence-electron chi connectivity index (χ4n) is 5.23. The van der Waals surface area contributed by atoms with Crippen LogP contribution in [0, 0.1) is 11.6 Å². The maximum Gasteiger partial charge on any atom is 0.343 e. The van der Waals surface area contributed by atoms with Gasteiger partial charge in [0.1, 0.15) is 23.0 Å². The summed E-state index contributed by atoms with van der Waals surface area (Å²) in [5.41, 5.74) is 0.347. The third-order valence-electron chi connectivity index (χ3n) is 8.06. The molecule has 284 valence electrons. The minimum atomic E-state index is -0.783. The molecule has 0 aliphatic carbocycles. The van der Waals surface area contributed by atoms with Gasteiger partial charge in [-0.05, 0) is 133 Å². The normalized spacial score (nSPS) is 10.7. The van der Waals surface area contributed by atoms with E-state index in [1.807, 2.05) is 13.8 Å². The van der Waals surface area contributed by atoms with Crippen molar-refractivity contribution in [3.63, 3.8) is 0 Å². The molecule has 6 aromatic rings. The molecule has 0 unspecified atom stereocenters. The first kappa shape index (κ1) is 38.6. The van der Waals surface area contributed by atoms with E-state index >= 15 is 0 Å². The van der Waals surface area contributed by atoms with Crippen molar-refractivity contribution >= 4 is 34.6 Å². The molecule has 0 aliphatic heterocycles. The Balaban J connectivity index is 1.03. The van der Waals surface area contributed by atoms with Crippen molar-refractivity contribution in [3.8, 4) is 34.5 Å². The molecule has 12 heteroatoms. The Hall–Kier alpha value is -7.08. The van der Waals surface area contributed by atoms with Crippen LogP contribution in [0.25, 0.3) is 10.8 Å². The van der Waals surface area contributed by atoms with Gasteiger partial charge >= 0.3 is 23.9 Å². The number of carbonyl (C=O) groups is 4. The topological polar surface area (TPSA) is 124 Å². The Morgan fingerprint density at radius 3 is 1.12 bits per heavy atom. The van der Waals surface area contributed by atoms with Gasteiger partial charge in [-0.1, -0.05) is 26.0 Å². The van der Waals surface area contributed by atoms with Crippen LogP contribution in [0.15, 0.2) is 121 Å². The van der Waals surface area contributed by atoms with Gasteiger partial charge in [0.15, 0.2) is 23.1 Å². The maximum atomic E-state index is 14.3. The molecule has 0 N–H and O–H groups in total. The van der Waals surface area contributed by atoms with E-state index in [-0.39, 0.29) is 56.8 Å². The lowest BCUT2D eigenvalue weighted by Crippen LogP contribution is -2.11. The van der Waals surface area contributed by atoms with E-state index in [1.54, 1.807) is 36.4 Å². The third-order valence-corrected chi connectivity index (χ3v) is 8.06. The van der Waals surface area contributed by atoms with Gasteiger partial charge in [-0.15, -0.1) is 0 Å². The highest BCUT2D eigenvalue weighted by Crippen LogP contribution is 2.28. The van der Waals surface area contributed by atoms with Crippen LogP contribution < -0.4 is 28.4 Å². The van der Waals surface area contributed by atoms with Crippen LogP contribution in [-0.2, 0) is 0 Å². The predicted molar refractivity (Wildman–Crippen MR) is 201 cm³/mol. The van der Waals surface area contributed by atoms with Crippen molar-refractivity contribution in [3.05, 3.63) is 155 Å². The molecule has 0 amide bonds. The molecule has 0 atom stereocenters. The van der Waals surface area contributed by atoms with Crippen LogP contribution in [0.4, 0.5) is 8.78 Å². The first-order chi connectivity index (χ1) is 27.1. The SMILES string of the molecule is CCCOc1ccc(C(=O)Oc2ccc(C(=O)Oc3ccc4ccc(OC(=O)c5ccc(OC(=O)c6ccc(OCCC)c(F)c6)cc5)cc4c3)cc2)cc1F. The van der Waals surface area contributed by atoms with Crippen LogP contribution >= 0.6 is 0 Å². The lowest BCUT2D eigenvalue weighted by Gasteiger charge is -2.10. The van der Waals surface area contributed by atoms with E-state index in [9.17, 15) is 28.0 Å². The summed E-state index contributed by atoms with van der Waals surface area (Å²) in [6.45, 7) is 4.47. The molecule has 6 rings (SSSR count). The number of fused-ring (bicyclic) bond motifs is 1. The van der Waals surface area contributed by atoms with E-state index < -0.39 is 35.5 Å². The van der Waals surface area contributed by atoms with E-state index in [2.05, 4.69) is 0 Å². The highest BCUT2D eigenvalue weighted by Gasteiger charge is 2.17. The molecular weight excluding hydrogens is 726 g/mol. The molecule has 10 nitrogen and oxygen atoms in total. The summed E-state index contributed by atoms with van der Waals surface area (Å²) >= 11 is 0. The number of hydrogen-bond acceptors (Lipinski definition) is 10. The zero-order valence-corrected chi connectivity index (χ0v) is 30.2. The molecular formula is C44H34F2O10. The largest absolute Gasteiger partial charge is 0.491 e. The van der Waals surface area contributed by atoms with Crippen molar-refractivity contribution in [2.45, 2.75) is 26.7 Å². The zero-order chi connectivity index (χ0) is 39.6. The molecule has 0 saturated carbocycles. The van der Waals surface area contributed by atoms with E-state index in [0.717, 1.165) is 17.5 Å². The number of hydrogen-bond donors (Lipinski definition) is 0. The fraction of sp³-hybridized carbons (Fsp3) is 0.136. The quantitative estimate of drug-likeness (QED) is 0.0783. The number of carbonyl (C=O) groups excluding carboxylic acids is 4. The van der Waals surface area contributed by atoms with Crippen LogP contribution in [-0.4, -0.2) is 37.1 Å². The molecule has 0 fully saturated rings.